The molecular formula is C9H18N2O2S. The SMILES string of the molecule is CCCCS(=O)(=O)NCCCCC#N. The fourth-order valence-electron chi connectivity index (χ4n) is 0.963. The number of unbranched alkanes of at least 4 members (excludes halogenated alkanes) is 3. The lowest BCUT2D eigenvalue weighted by molar-refractivity contribution is 0.574. The molecular weight excluding hydrogens is 200 g/mol. The Balaban J connectivity index is 3.52. The minimum Gasteiger partial charge on any atom is -0.215 e. The van der Waals surface area contributed by atoms with Crippen LogP contribution in [0.1, 0.15) is 39.0 Å². The van der Waals surface area contributed by atoms with Crippen molar-refractivity contribution in [2.75, 3.05) is 12.3 Å². The Morgan fingerprint density at radius 3 is 2.57 bits per heavy atom. The van der Waals surface area contributed by atoms with E-state index in [0.717, 1.165) is 19.3 Å². The molecule has 0 saturated heterocycles. The predicted octanol–water partition coefficient (Wildman–Crippen LogP) is 1.40. The van der Waals surface area contributed by atoms with Crippen LogP contribution in [0.3, 0.4) is 0 Å². The fourth-order valence-corrected chi connectivity index (χ4v) is 2.23. The van der Waals surface area contributed by atoms with Crippen LogP contribution in [0, 0.1) is 11.3 Å². The van der Waals surface area contributed by atoms with E-state index < -0.39 is 10.0 Å². The van der Waals surface area contributed by atoms with Crippen LogP contribution in [0.5, 0.6) is 0 Å². The number of nitriles is 1. The molecule has 0 fully saturated rings. The molecule has 0 aliphatic heterocycles. The lowest BCUT2D eigenvalue weighted by atomic mass is 10.2. The van der Waals surface area contributed by atoms with Gasteiger partial charge in [-0.1, -0.05) is 13.3 Å². The number of nitrogens with one attached hydrogen (secondary N) is 1. The molecule has 1 N–H and O–H groups in total. The first-order valence-electron chi connectivity index (χ1n) is 4.96. The third kappa shape index (κ3) is 8.02. The molecule has 14 heavy (non-hydrogen) atoms. The maximum absolute atomic E-state index is 11.2. The van der Waals surface area contributed by atoms with Crippen molar-refractivity contribution in [3.05, 3.63) is 0 Å². The van der Waals surface area contributed by atoms with Crippen LogP contribution in [-0.2, 0) is 10.0 Å². The van der Waals surface area contributed by atoms with Gasteiger partial charge in [-0.2, -0.15) is 5.26 Å². The summed E-state index contributed by atoms with van der Waals surface area (Å²) in [5.41, 5.74) is 0. The smallest absolute Gasteiger partial charge is 0.211 e. The summed E-state index contributed by atoms with van der Waals surface area (Å²) in [5.74, 6) is 0.210. The molecule has 0 aliphatic rings. The van der Waals surface area contributed by atoms with Gasteiger partial charge >= 0.3 is 0 Å². The highest BCUT2D eigenvalue weighted by Gasteiger charge is 2.07. The molecule has 0 amide bonds. The average molecular weight is 218 g/mol. The topological polar surface area (TPSA) is 70.0 Å². The van der Waals surface area contributed by atoms with Gasteiger partial charge in [-0.3, -0.25) is 0 Å². The number of rotatable bonds is 8. The first-order valence-corrected chi connectivity index (χ1v) is 6.62. The molecule has 0 aromatic heterocycles. The summed E-state index contributed by atoms with van der Waals surface area (Å²) in [4.78, 5) is 0. The van der Waals surface area contributed by atoms with Crippen molar-refractivity contribution in [3.63, 3.8) is 0 Å². The van der Waals surface area contributed by atoms with Crippen LogP contribution >= 0.6 is 0 Å². The summed E-state index contributed by atoms with van der Waals surface area (Å²) >= 11 is 0. The van der Waals surface area contributed by atoms with Gasteiger partial charge < -0.3 is 0 Å². The molecule has 0 heterocycles. The van der Waals surface area contributed by atoms with E-state index in [-0.39, 0.29) is 5.75 Å². The fraction of sp³-hybridized carbons (Fsp3) is 0.889. The molecule has 0 aromatic rings. The second-order valence-corrected chi connectivity index (χ2v) is 5.11. The number of nitrogens with zero attached hydrogens (tertiary/aromatic N) is 1. The van der Waals surface area contributed by atoms with E-state index in [1.807, 2.05) is 13.0 Å². The van der Waals surface area contributed by atoms with Gasteiger partial charge in [0.05, 0.1) is 11.8 Å². The maximum Gasteiger partial charge on any atom is 0.211 e. The summed E-state index contributed by atoms with van der Waals surface area (Å²) in [6, 6.07) is 2.02. The van der Waals surface area contributed by atoms with Crippen molar-refractivity contribution < 1.29 is 8.42 Å². The molecule has 4 nitrogen and oxygen atoms in total. The van der Waals surface area contributed by atoms with Crippen LogP contribution in [0.4, 0.5) is 0 Å². The Bertz CT molecular complexity index is 267. The van der Waals surface area contributed by atoms with Crippen molar-refractivity contribution in [2.45, 2.75) is 39.0 Å². The lowest BCUT2D eigenvalue weighted by Crippen LogP contribution is -2.27. The Labute approximate surface area is 86.4 Å². The van der Waals surface area contributed by atoms with Crippen molar-refractivity contribution in [2.24, 2.45) is 0 Å². The molecule has 0 spiro atoms. The monoisotopic (exact) mass is 218 g/mol. The first kappa shape index (κ1) is 13.4. The Hall–Kier alpha value is -0.600. The van der Waals surface area contributed by atoms with Crippen molar-refractivity contribution in [1.29, 1.82) is 5.26 Å². The van der Waals surface area contributed by atoms with Gasteiger partial charge in [0, 0.05) is 13.0 Å². The second kappa shape index (κ2) is 7.77. The molecule has 0 saturated carbocycles. The van der Waals surface area contributed by atoms with Crippen LogP contribution in [0.15, 0.2) is 0 Å². The van der Waals surface area contributed by atoms with E-state index >= 15 is 0 Å². The number of hydrogen-bond acceptors (Lipinski definition) is 3. The average Bonchev–Trinajstić information content (AvgIpc) is 2.15. The van der Waals surface area contributed by atoms with E-state index in [1.54, 1.807) is 0 Å². The summed E-state index contributed by atoms with van der Waals surface area (Å²) < 4.78 is 25.0. The van der Waals surface area contributed by atoms with E-state index in [0.29, 0.717) is 19.4 Å². The number of sulfonamides is 1. The van der Waals surface area contributed by atoms with Crippen molar-refractivity contribution in [3.8, 4) is 6.07 Å². The van der Waals surface area contributed by atoms with E-state index in [9.17, 15) is 8.42 Å². The molecule has 0 rings (SSSR count). The normalized spacial score (nSPS) is 11.1. The highest BCUT2D eigenvalue weighted by atomic mass is 32.2. The zero-order chi connectivity index (χ0) is 10.9. The molecule has 0 atom stereocenters. The zero-order valence-corrected chi connectivity index (χ0v) is 9.44. The first-order chi connectivity index (χ1) is 6.62. The maximum atomic E-state index is 11.2. The summed E-state index contributed by atoms with van der Waals surface area (Å²) in [6.07, 6.45) is 3.57. The molecule has 0 aromatic carbocycles. The lowest BCUT2D eigenvalue weighted by Gasteiger charge is -2.04. The molecule has 82 valence electrons. The molecule has 0 radical (unpaired) electrons. The number of hydrogen-bond donors (Lipinski definition) is 1. The summed E-state index contributed by atoms with van der Waals surface area (Å²) in [7, 11) is -3.06. The molecule has 0 bridgehead atoms. The van der Waals surface area contributed by atoms with Gasteiger partial charge in [0.15, 0.2) is 0 Å². The largest absolute Gasteiger partial charge is 0.215 e. The van der Waals surface area contributed by atoms with Gasteiger partial charge in [0.25, 0.3) is 0 Å². The van der Waals surface area contributed by atoms with Crippen molar-refractivity contribution in [1.82, 2.24) is 4.72 Å². The molecule has 5 heteroatoms. The van der Waals surface area contributed by atoms with Gasteiger partial charge in [0.2, 0.25) is 10.0 Å². The van der Waals surface area contributed by atoms with Crippen LogP contribution in [0.2, 0.25) is 0 Å². The zero-order valence-electron chi connectivity index (χ0n) is 8.62. The summed E-state index contributed by atoms with van der Waals surface area (Å²) in [5, 5.41) is 8.25. The van der Waals surface area contributed by atoms with Crippen LogP contribution < -0.4 is 4.72 Å². The van der Waals surface area contributed by atoms with Crippen molar-refractivity contribution >= 4 is 10.0 Å². The van der Waals surface area contributed by atoms with E-state index in [2.05, 4.69) is 4.72 Å². The Kier molecular flexibility index (Phi) is 7.44. The minimum atomic E-state index is -3.06. The highest BCUT2D eigenvalue weighted by Crippen LogP contribution is 1.96. The van der Waals surface area contributed by atoms with E-state index in [1.165, 1.54) is 0 Å². The van der Waals surface area contributed by atoms with Gasteiger partial charge in [-0.25, -0.2) is 13.1 Å². The highest BCUT2D eigenvalue weighted by molar-refractivity contribution is 7.89. The third-order valence-electron chi connectivity index (χ3n) is 1.80. The second-order valence-electron chi connectivity index (χ2n) is 3.18. The molecule has 0 unspecified atom stereocenters. The van der Waals surface area contributed by atoms with Gasteiger partial charge in [0.1, 0.15) is 0 Å². The van der Waals surface area contributed by atoms with Gasteiger partial charge in [-0.15, -0.1) is 0 Å². The standard InChI is InChI=1S/C9H18N2O2S/c1-2-3-9-14(12,13)11-8-6-4-5-7-10/h11H,2-6,8-9H2,1H3. The van der Waals surface area contributed by atoms with E-state index in [4.69, 9.17) is 5.26 Å². The van der Waals surface area contributed by atoms with Crippen LogP contribution in [-0.4, -0.2) is 20.7 Å². The minimum absolute atomic E-state index is 0.210. The predicted molar refractivity (Wildman–Crippen MR) is 56.2 cm³/mol. The van der Waals surface area contributed by atoms with Gasteiger partial charge in [-0.05, 0) is 19.3 Å². The quantitative estimate of drug-likeness (QED) is 0.626. The Morgan fingerprint density at radius 1 is 1.29 bits per heavy atom. The summed E-state index contributed by atoms with van der Waals surface area (Å²) in [6.45, 7) is 2.41. The molecule has 0 aliphatic carbocycles. The third-order valence-corrected chi connectivity index (χ3v) is 3.27. The van der Waals surface area contributed by atoms with Crippen LogP contribution in [0.25, 0.3) is 0 Å². The Morgan fingerprint density at radius 2 is 2.00 bits per heavy atom.